The molecule has 29 heavy (non-hydrogen) atoms. The van der Waals surface area contributed by atoms with Crippen LogP contribution in [0.15, 0.2) is 66.9 Å². The van der Waals surface area contributed by atoms with Crippen LogP contribution >= 0.6 is 11.6 Å². The molecule has 4 nitrogen and oxygen atoms in total. The highest BCUT2D eigenvalue weighted by atomic mass is 35.5. The van der Waals surface area contributed by atoms with Crippen LogP contribution in [0.3, 0.4) is 0 Å². The first kappa shape index (κ1) is 20.9. The van der Waals surface area contributed by atoms with Crippen molar-refractivity contribution in [2.75, 3.05) is 18.4 Å². The van der Waals surface area contributed by atoms with E-state index >= 15 is 0 Å². The summed E-state index contributed by atoms with van der Waals surface area (Å²) < 4.78 is 26.4. The molecule has 0 saturated heterocycles. The van der Waals surface area contributed by atoms with Gasteiger partial charge in [-0.2, -0.15) is 0 Å². The lowest BCUT2D eigenvalue weighted by Gasteiger charge is -2.22. The first-order chi connectivity index (χ1) is 14.0. The summed E-state index contributed by atoms with van der Waals surface area (Å²) in [5.74, 6) is -1.06. The Labute approximate surface area is 173 Å². The maximum absolute atomic E-state index is 13.2. The molecule has 0 aliphatic heterocycles. The van der Waals surface area contributed by atoms with Crippen LogP contribution in [-0.2, 0) is 17.8 Å². The summed E-state index contributed by atoms with van der Waals surface area (Å²) in [7, 11) is 0. The Kier molecular flexibility index (Phi) is 7.27. The Morgan fingerprint density at radius 3 is 2.48 bits per heavy atom. The summed E-state index contributed by atoms with van der Waals surface area (Å²) in [5.41, 5.74) is 2.16. The zero-order chi connectivity index (χ0) is 20.6. The first-order valence-corrected chi connectivity index (χ1v) is 9.49. The standard InChI is InChI=1S/C22H20ClF2N3O/c23-20-13-18(25)8-9-21(20)27-22(29)15-28(12-10-19-3-1-2-11-26-19)14-16-4-6-17(24)7-5-16/h1-9,11,13H,10,12,14-15H2,(H,27,29). The normalized spacial score (nSPS) is 10.9. The van der Waals surface area contributed by atoms with Crippen molar-refractivity contribution in [3.05, 3.63) is 94.8 Å². The van der Waals surface area contributed by atoms with Crippen molar-refractivity contribution in [1.82, 2.24) is 9.88 Å². The van der Waals surface area contributed by atoms with Crippen LogP contribution in [0.2, 0.25) is 5.02 Å². The number of nitrogens with zero attached hydrogens (tertiary/aromatic N) is 2. The third kappa shape index (κ3) is 6.62. The minimum Gasteiger partial charge on any atom is -0.324 e. The molecular formula is C22H20ClF2N3O. The molecule has 0 aliphatic rings. The van der Waals surface area contributed by atoms with Crippen LogP contribution in [0.4, 0.5) is 14.5 Å². The number of halogens is 3. The lowest BCUT2D eigenvalue weighted by atomic mass is 10.2. The molecule has 1 amide bonds. The number of hydrogen-bond donors (Lipinski definition) is 1. The molecule has 0 aliphatic carbocycles. The molecule has 150 valence electrons. The molecule has 0 saturated carbocycles. The topological polar surface area (TPSA) is 45.2 Å². The highest BCUT2D eigenvalue weighted by Gasteiger charge is 2.14. The molecule has 0 atom stereocenters. The maximum Gasteiger partial charge on any atom is 0.238 e. The zero-order valence-corrected chi connectivity index (χ0v) is 16.4. The molecular weight excluding hydrogens is 396 g/mol. The van der Waals surface area contributed by atoms with Crippen LogP contribution < -0.4 is 5.32 Å². The van der Waals surface area contributed by atoms with E-state index in [9.17, 15) is 13.6 Å². The van der Waals surface area contributed by atoms with Gasteiger partial charge in [-0.15, -0.1) is 0 Å². The van der Waals surface area contributed by atoms with Gasteiger partial charge in [-0.25, -0.2) is 8.78 Å². The molecule has 3 rings (SSSR count). The van der Waals surface area contributed by atoms with Crippen molar-refractivity contribution in [3.63, 3.8) is 0 Å². The van der Waals surface area contributed by atoms with Gasteiger partial charge in [-0.1, -0.05) is 29.8 Å². The number of hydrogen-bond acceptors (Lipinski definition) is 3. The van der Waals surface area contributed by atoms with E-state index in [0.717, 1.165) is 17.3 Å². The smallest absolute Gasteiger partial charge is 0.238 e. The highest BCUT2D eigenvalue weighted by Crippen LogP contribution is 2.22. The van der Waals surface area contributed by atoms with Gasteiger partial charge in [0.25, 0.3) is 0 Å². The Morgan fingerprint density at radius 2 is 1.79 bits per heavy atom. The van der Waals surface area contributed by atoms with Gasteiger partial charge >= 0.3 is 0 Å². The van der Waals surface area contributed by atoms with E-state index in [0.29, 0.717) is 25.2 Å². The van der Waals surface area contributed by atoms with Crippen LogP contribution in [-0.4, -0.2) is 28.9 Å². The van der Waals surface area contributed by atoms with E-state index in [1.54, 1.807) is 18.3 Å². The van der Waals surface area contributed by atoms with Crippen molar-refractivity contribution < 1.29 is 13.6 Å². The summed E-state index contributed by atoms with van der Waals surface area (Å²) in [6.07, 6.45) is 2.38. The van der Waals surface area contributed by atoms with Crippen LogP contribution in [0.5, 0.6) is 0 Å². The van der Waals surface area contributed by atoms with Gasteiger partial charge in [0.2, 0.25) is 5.91 Å². The van der Waals surface area contributed by atoms with Gasteiger partial charge in [0.15, 0.2) is 0 Å². The predicted octanol–water partition coefficient (Wildman–Crippen LogP) is 4.70. The molecule has 0 unspecified atom stereocenters. The lowest BCUT2D eigenvalue weighted by Crippen LogP contribution is -2.34. The van der Waals surface area contributed by atoms with Crippen LogP contribution in [0, 0.1) is 11.6 Å². The minimum absolute atomic E-state index is 0.0952. The second-order valence-electron chi connectivity index (χ2n) is 6.58. The second-order valence-corrected chi connectivity index (χ2v) is 6.99. The fourth-order valence-electron chi connectivity index (χ4n) is 2.86. The number of carbonyl (C=O) groups is 1. The molecule has 0 bridgehead atoms. The average molecular weight is 416 g/mol. The third-order valence-electron chi connectivity index (χ3n) is 4.30. The summed E-state index contributed by atoms with van der Waals surface area (Å²) >= 11 is 5.98. The Bertz CT molecular complexity index is 952. The molecule has 0 radical (unpaired) electrons. The molecule has 0 fully saturated rings. The van der Waals surface area contributed by atoms with Crippen molar-refractivity contribution in [3.8, 4) is 0 Å². The number of amides is 1. The first-order valence-electron chi connectivity index (χ1n) is 9.11. The number of benzene rings is 2. The van der Waals surface area contributed by atoms with Crippen molar-refractivity contribution in [2.24, 2.45) is 0 Å². The molecule has 0 spiro atoms. The maximum atomic E-state index is 13.2. The summed E-state index contributed by atoms with van der Waals surface area (Å²) in [4.78, 5) is 18.8. The van der Waals surface area contributed by atoms with Crippen molar-refractivity contribution in [1.29, 1.82) is 0 Å². The van der Waals surface area contributed by atoms with E-state index < -0.39 is 5.82 Å². The SMILES string of the molecule is O=C(CN(CCc1ccccn1)Cc1ccc(F)cc1)Nc1ccc(F)cc1Cl. The molecule has 1 aromatic heterocycles. The second kappa shape index (κ2) is 10.1. The third-order valence-corrected chi connectivity index (χ3v) is 4.61. The number of anilines is 1. The van der Waals surface area contributed by atoms with E-state index in [2.05, 4.69) is 10.3 Å². The number of nitrogens with one attached hydrogen (secondary N) is 1. The highest BCUT2D eigenvalue weighted by molar-refractivity contribution is 6.33. The fraction of sp³-hybridized carbons (Fsp3) is 0.182. The Morgan fingerprint density at radius 1 is 1.03 bits per heavy atom. The quantitative estimate of drug-likeness (QED) is 0.580. The van der Waals surface area contributed by atoms with E-state index in [1.165, 1.54) is 24.3 Å². The molecule has 3 aromatic rings. The number of carbonyl (C=O) groups excluding carboxylic acids is 1. The number of aromatic nitrogens is 1. The van der Waals surface area contributed by atoms with Crippen LogP contribution in [0.1, 0.15) is 11.3 Å². The molecule has 1 N–H and O–H groups in total. The Balaban J connectivity index is 1.67. The predicted molar refractivity (Wildman–Crippen MR) is 110 cm³/mol. The van der Waals surface area contributed by atoms with Gasteiger partial charge in [-0.3, -0.25) is 14.7 Å². The largest absolute Gasteiger partial charge is 0.324 e. The monoisotopic (exact) mass is 415 g/mol. The van der Waals surface area contributed by atoms with Gasteiger partial charge in [-0.05, 0) is 48.0 Å². The lowest BCUT2D eigenvalue weighted by molar-refractivity contribution is -0.117. The fourth-order valence-corrected chi connectivity index (χ4v) is 3.08. The molecule has 7 heteroatoms. The Hall–Kier alpha value is -2.83. The molecule has 1 heterocycles. The van der Waals surface area contributed by atoms with E-state index in [1.807, 2.05) is 23.1 Å². The van der Waals surface area contributed by atoms with Crippen molar-refractivity contribution >= 4 is 23.2 Å². The van der Waals surface area contributed by atoms with Crippen molar-refractivity contribution in [2.45, 2.75) is 13.0 Å². The minimum atomic E-state index is -0.471. The zero-order valence-electron chi connectivity index (χ0n) is 15.6. The van der Waals surface area contributed by atoms with Crippen LogP contribution in [0.25, 0.3) is 0 Å². The van der Waals surface area contributed by atoms with E-state index in [4.69, 9.17) is 11.6 Å². The average Bonchev–Trinajstić information content (AvgIpc) is 2.71. The number of rotatable bonds is 8. The van der Waals surface area contributed by atoms with Gasteiger partial charge in [0.1, 0.15) is 11.6 Å². The summed E-state index contributed by atoms with van der Waals surface area (Å²) in [6, 6.07) is 15.7. The summed E-state index contributed by atoms with van der Waals surface area (Å²) in [5, 5.41) is 2.84. The number of pyridine rings is 1. The van der Waals surface area contributed by atoms with Gasteiger partial charge in [0, 0.05) is 31.4 Å². The van der Waals surface area contributed by atoms with E-state index in [-0.39, 0.29) is 23.3 Å². The summed E-state index contributed by atoms with van der Waals surface area (Å²) in [6.45, 7) is 1.15. The van der Waals surface area contributed by atoms with Gasteiger partial charge in [0.05, 0.1) is 17.3 Å². The van der Waals surface area contributed by atoms with Gasteiger partial charge < -0.3 is 5.32 Å². The molecule has 2 aromatic carbocycles.